The highest BCUT2D eigenvalue weighted by molar-refractivity contribution is 5.78. The molecule has 136 valence electrons. The maximum atomic E-state index is 12.7. The molecule has 24 heavy (non-hydrogen) atoms. The molecule has 3 heterocycles. The molecule has 0 aromatic rings. The smallest absolute Gasteiger partial charge is 0.320 e. The van der Waals surface area contributed by atoms with Gasteiger partial charge in [0.25, 0.3) is 0 Å². The van der Waals surface area contributed by atoms with Crippen LogP contribution in [-0.4, -0.2) is 90.3 Å². The fraction of sp³-hybridized carbons (Fsp3) is 0.882. The number of amides is 3. The van der Waals surface area contributed by atoms with Crippen LogP contribution in [0.4, 0.5) is 4.79 Å². The number of carbonyl (C=O) groups is 2. The Labute approximate surface area is 143 Å². The lowest BCUT2D eigenvalue weighted by Gasteiger charge is -2.48. The number of likely N-dealkylation sites (tertiary alicyclic amines) is 2. The molecule has 3 aliphatic heterocycles. The average molecular weight is 339 g/mol. The number of unbranched alkanes of at least 4 members (excludes halogenated alkanes) is 1. The van der Waals surface area contributed by atoms with Crippen molar-refractivity contribution in [2.75, 3.05) is 52.5 Å². The zero-order chi connectivity index (χ0) is 16.9. The van der Waals surface area contributed by atoms with Crippen molar-refractivity contribution >= 4 is 11.9 Å². The molecular weight excluding hydrogens is 310 g/mol. The maximum Gasteiger partial charge on any atom is 0.320 e. The van der Waals surface area contributed by atoms with Crippen LogP contribution in [0.15, 0.2) is 0 Å². The standard InChI is InChI=1S/C17H29N3O4/c21-10-2-1-6-20-15-5-7-19(13-14(15)3-4-16(20)22)17(23)18-8-11-24-12-9-18/h14-15,21H,1-13H2/t14-,15+/m0/s1. The molecule has 7 heteroatoms. The van der Waals surface area contributed by atoms with E-state index < -0.39 is 0 Å². The van der Waals surface area contributed by atoms with Gasteiger partial charge in [-0.3, -0.25) is 4.79 Å². The van der Waals surface area contributed by atoms with Crippen molar-refractivity contribution < 1.29 is 19.4 Å². The molecule has 3 aliphatic rings. The number of aliphatic hydroxyl groups is 1. The summed E-state index contributed by atoms with van der Waals surface area (Å²) in [4.78, 5) is 30.8. The van der Waals surface area contributed by atoms with Crippen LogP contribution in [0.3, 0.4) is 0 Å². The van der Waals surface area contributed by atoms with Crippen LogP contribution >= 0.6 is 0 Å². The van der Waals surface area contributed by atoms with Gasteiger partial charge in [0.2, 0.25) is 5.91 Å². The predicted molar refractivity (Wildman–Crippen MR) is 88.5 cm³/mol. The minimum atomic E-state index is 0.125. The Morgan fingerprint density at radius 1 is 1.12 bits per heavy atom. The molecule has 3 rings (SSSR count). The number of urea groups is 1. The number of ether oxygens (including phenoxy) is 1. The number of hydrogen-bond donors (Lipinski definition) is 1. The number of carbonyl (C=O) groups excluding carboxylic acids is 2. The number of hydrogen-bond acceptors (Lipinski definition) is 4. The summed E-state index contributed by atoms with van der Waals surface area (Å²) < 4.78 is 5.32. The minimum absolute atomic E-state index is 0.125. The molecule has 0 aliphatic carbocycles. The van der Waals surface area contributed by atoms with E-state index in [9.17, 15) is 9.59 Å². The van der Waals surface area contributed by atoms with Crippen LogP contribution in [0.2, 0.25) is 0 Å². The lowest BCUT2D eigenvalue weighted by Crippen LogP contribution is -2.59. The zero-order valence-corrected chi connectivity index (χ0v) is 14.4. The molecule has 1 N–H and O–H groups in total. The van der Waals surface area contributed by atoms with Gasteiger partial charge in [-0.2, -0.15) is 0 Å². The lowest BCUT2D eigenvalue weighted by molar-refractivity contribution is -0.140. The number of aliphatic hydroxyl groups excluding tert-OH is 1. The Morgan fingerprint density at radius 2 is 1.92 bits per heavy atom. The molecule has 0 aromatic heterocycles. The Balaban J connectivity index is 1.57. The molecule has 0 aromatic carbocycles. The number of fused-ring (bicyclic) bond motifs is 1. The van der Waals surface area contributed by atoms with Crippen molar-refractivity contribution in [3.05, 3.63) is 0 Å². The van der Waals surface area contributed by atoms with Crippen molar-refractivity contribution in [3.8, 4) is 0 Å². The lowest BCUT2D eigenvalue weighted by atomic mass is 9.83. The Bertz CT molecular complexity index is 453. The van der Waals surface area contributed by atoms with Crippen LogP contribution in [-0.2, 0) is 9.53 Å². The molecule has 0 saturated carbocycles. The molecule has 0 radical (unpaired) electrons. The minimum Gasteiger partial charge on any atom is -0.396 e. The molecular formula is C17H29N3O4. The number of rotatable bonds is 4. The van der Waals surface area contributed by atoms with Crippen LogP contribution in [0.25, 0.3) is 0 Å². The maximum absolute atomic E-state index is 12.7. The first-order valence-electron chi connectivity index (χ1n) is 9.22. The van der Waals surface area contributed by atoms with Crippen molar-refractivity contribution in [2.45, 2.75) is 38.1 Å². The molecule has 0 bridgehead atoms. The van der Waals surface area contributed by atoms with E-state index in [1.54, 1.807) is 0 Å². The van der Waals surface area contributed by atoms with Gasteiger partial charge in [-0.25, -0.2) is 4.79 Å². The van der Waals surface area contributed by atoms with Gasteiger partial charge in [-0.05, 0) is 31.6 Å². The van der Waals surface area contributed by atoms with Crippen LogP contribution in [0.1, 0.15) is 32.1 Å². The first-order chi connectivity index (χ1) is 11.7. The molecule has 0 unspecified atom stereocenters. The fourth-order valence-corrected chi connectivity index (χ4v) is 4.16. The molecule has 2 atom stereocenters. The molecule has 3 saturated heterocycles. The first kappa shape index (κ1) is 17.5. The Hall–Kier alpha value is -1.34. The van der Waals surface area contributed by atoms with E-state index >= 15 is 0 Å². The van der Waals surface area contributed by atoms with E-state index in [-0.39, 0.29) is 24.6 Å². The van der Waals surface area contributed by atoms with Gasteiger partial charge in [-0.1, -0.05) is 0 Å². The summed E-state index contributed by atoms with van der Waals surface area (Å²) in [6.07, 6.45) is 3.92. The normalized spacial score (nSPS) is 28.0. The van der Waals surface area contributed by atoms with Gasteiger partial charge < -0.3 is 24.5 Å². The van der Waals surface area contributed by atoms with E-state index in [4.69, 9.17) is 9.84 Å². The second-order valence-electron chi connectivity index (χ2n) is 7.00. The average Bonchev–Trinajstić information content (AvgIpc) is 2.63. The van der Waals surface area contributed by atoms with E-state index in [2.05, 4.69) is 0 Å². The highest BCUT2D eigenvalue weighted by atomic mass is 16.5. The Kier molecular flexibility index (Phi) is 5.94. The SMILES string of the molecule is O=C(N1CCOCC1)N1CC[C@@H]2[C@@H](CCC(=O)N2CCCCO)C1. The van der Waals surface area contributed by atoms with E-state index in [0.717, 1.165) is 45.3 Å². The summed E-state index contributed by atoms with van der Waals surface area (Å²) in [6, 6.07) is 0.388. The summed E-state index contributed by atoms with van der Waals surface area (Å²) in [5.74, 6) is 0.623. The van der Waals surface area contributed by atoms with Crippen molar-refractivity contribution in [2.24, 2.45) is 5.92 Å². The molecule has 0 spiro atoms. The second-order valence-corrected chi connectivity index (χ2v) is 7.00. The summed E-state index contributed by atoms with van der Waals surface area (Å²) in [5, 5.41) is 8.95. The third kappa shape index (κ3) is 3.83. The zero-order valence-electron chi connectivity index (χ0n) is 14.4. The predicted octanol–water partition coefficient (Wildman–Crippen LogP) is 0.524. The molecule has 3 fully saturated rings. The third-order valence-corrected chi connectivity index (χ3v) is 5.50. The first-order valence-corrected chi connectivity index (χ1v) is 9.22. The van der Waals surface area contributed by atoms with Crippen LogP contribution in [0.5, 0.6) is 0 Å². The number of nitrogens with zero attached hydrogens (tertiary/aromatic N) is 3. The van der Waals surface area contributed by atoms with E-state index in [1.165, 1.54) is 0 Å². The summed E-state index contributed by atoms with van der Waals surface area (Å²) in [7, 11) is 0. The van der Waals surface area contributed by atoms with Crippen LogP contribution < -0.4 is 0 Å². The van der Waals surface area contributed by atoms with Gasteiger partial charge in [0.1, 0.15) is 0 Å². The summed E-state index contributed by atoms with van der Waals surface area (Å²) >= 11 is 0. The van der Waals surface area contributed by atoms with Gasteiger partial charge in [0, 0.05) is 51.8 Å². The van der Waals surface area contributed by atoms with Crippen molar-refractivity contribution in [3.63, 3.8) is 0 Å². The monoisotopic (exact) mass is 339 g/mol. The number of morpholine rings is 1. The van der Waals surface area contributed by atoms with E-state index in [1.807, 2.05) is 14.7 Å². The molecule has 7 nitrogen and oxygen atoms in total. The highest BCUT2D eigenvalue weighted by Crippen LogP contribution is 2.32. The molecule has 3 amide bonds. The number of piperidine rings is 2. The largest absolute Gasteiger partial charge is 0.396 e. The second kappa shape index (κ2) is 8.16. The highest BCUT2D eigenvalue weighted by Gasteiger charge is 2.40. The Morgan fingerprint density at radius 3 is 2.67 bits per heavy atom. The van der Waals surface area contributed by atoms with Crippen molar-refractivity contribution in [1.29, 1.82) is 0 Å². The van der Waals surface area contributed by atoms with Gasteiger partial charge in [-0.15, -0.1) is 0 Å². The van der Waals surface area contributed by atoms with Gasteiger partial charge in [0.15, 0.2) is 0 Å². The quantitative estimate of drug-likeness (QED) is 0.758. The van der Waals surface area contributed by atoms with Crippen molar-refractivity contribution in [1.82, 2.24) is 14.7 Å². The fourth-order valence-electron chi connectivity index (χ4n) is 4.16. The summed E-state index contributed by atoms with van der Waals surface area (Å²) in [5.41, 5.74) is 0. The van der Waals surface area contributed by atoms with Gasteiger partial charge >= 0.3 is 6.03 Å². The summed E-state index contributed by atoms with van der Waals surface area (Å²) in [6.45, 7) is 4.99. The third-order valence-electron chi connectivity index (χ3n) is 5.50. The topological polar surface area (TPSA) is 73.3 Å². The van der Waals surface area contributed by atoms with Gasteiger partial charge in [0.05, 0.1) is 13.2 Å². The van der Waals surface area contributed by atoms with Crippen LogP contribution in [0, 0.1) is 5.92 Å². The van der Waals surface area contributed by atoms with E-state index in [0.29, 0.717) is 38.6 Å².